The number of carbonyl (C=O) groups is 1. The number of hydrogen-bond acceptors (Lipinski definition) is 3. The van der Waals surface area contributed by atoms with Gasteiger partial charge in [0, 0.05) is 6.54 Å². The molecule has 0 bridgehead atoms. The van der Waals surface area contributed by atoms with E-state index in [9.17, 15) is 18.0 Å². The topological polar surface area (TPSA) is 51.2 Å². The SMILES string of the molecule is CC(C)(C)OC(=O)NCC=Cc1cccc(C(F)(F)F)n1. The minimum absolute atomic E-state index is 0.132. The van der Waals surface area contributed by atoms with Crippen molar-refractivity contribution in [1.29, 1.82) is 0 Å². The summed E-state index contributed by atoms with van der Waals surface area (Å²) in [7, 11) is 0. The number of carbonyl (C=O) groups excluding carboxylic acids is 1. The molecule has 7 heteroatoms. The van der Waals surface area contributed by atoms with Crippen LogP contribution in [0.15, 0.2) is 24.3 Å². The van der Waals surface area contributed by atoms with E-state index in [2.05, 4.69) is 10.3 Å². The molecule has 1 aromatic heterocycles. The van der Waals surface area contributed by atoms with Crippen LogP contribution in [0.4, 0.5) is 18.0 Å². The second kappa shape index (κ2) is 6.60. The number of rotatable bonds is 3. The maximum Gasteiger partial charge on any atom is 0.433 e. The highest BCUT2D eigenvalue weighted by Crippen LogP contribution is 2.27. The summed E-state index contributed by atoms with van der Waals surface area (Å²) in [5.41, 5.74) is -1.39. The van der Waals surface area contributed by atoms with Crippen molar-refractivity contribution < 1.29 is 22.7 Å². The number of ether oxygens (including phenoxy) is 1. The van der Waals surface area contributed by atoms with Gasteiger partial charge in [-0.15, -0.1) is 0 Å². The average Bonchev–Trinajstić information content (AvgIpc) is 2.32. The highest BCUT2D eigenvalue weighted by Gasteiger charge is 2.32. The Kier molecular flexibility index (Phi) is 5.34. The summed E-state index contributed by atoms with van der Waals surface area (Å²) < 4.78 is 42.4. The van der Waals surface area contributed by atoms with Gasteiger partial charge in [0.2, 0.25) is 0 Å². The molecule has 0 fully saturated rings. The Labute approximate surface area is 121 Å². The van der Waals surface area contributed by atoms with Crippen molar-refractivity contribution in [2.24, 2.45) is 0 Å². The second-order valence-electron chi connectivity index (χ2n) is 5.23. The molecule has 1 heterocycles. The van der Waals surface area contributed by atoms with E-state index in [0.29, 0.717) is 0 Å². The van der Waals surface area contributed by atoms with Crippen LogP contribution in [0.3, 0.4) is 0 Å². The first-order valence-corrected chi connectivity index (χ1v) is 6.25. The molecule has 4 nitrogen and oxygen atoms in total. The molecule has 1 aromatic rings. The Morgan fingerprint density at radius 2 is 2.00 bits per heavy atom. The summed E-state index contributed by atoms with van der Waals surface area (Å²) >= 11 is 0. The van der Waals surface area contributed by atoms with E-state index in [-0.39, 0.29) is 12.2 Å². The van der Waals surface area contributed by atoms with Gasteiger partial charge in [0.05, 0.1) is 5.69 Å². The third kappa shape index (κ3) is 6.78. The first kappa shape index (κ1) is 17.0. The Morgan fingerprint density at radius 1 is 1.33 bits per heavy atom. The zero-order chi connectivity index (χ0) is 16.1. The predicted octanol–water partition coefficient (Wildman–Crippen LogP) is 3.64. The molecule has 0 saturated heterocycles. The summed E-state index contributed by atoms with van der Waals surface area (Å²) in [6.45, 7) is 5.33. The van der Waals surface area contributed by atoms with Crippen LogP contribution >= 0.6 is 0 Å². The quantitative estimate of drug-likeness (QED) is 0.927. The molecule has 116 valence electrons. The van der Waals surface area contributed by atoms with Crippen molar-refractivity contribution in [3.63, 3.8) is 0 Å². The van der Waals surface area contributed by atoms with Gasteiger partial charge in [-0.25, -0.2) is 9.78 Å². The van der Waals surface area contributed by atoms with Crippen LogP contribution in [0.25, 0.3) is 6.08 Å². The maximum atomic E-state index is 12.5. The first-order valence-electron chi connectivity index (χ1n) is 6.25. The van der Waals surface area contributed by atoms with Gasteiger partial charge in [-0.05, 0) is 39.0 Å². The van der Waals surface area contributed by atoms with Crippen LogP contribution < -0.4 is 5.32 Å². The van der Waals surface area contributed by atoms with Gasteiger partial charge >= 0.3 is 12.3 Å². The van der Waals surface area contributed by atoms with Crippen LogP contribution in [-0.4, -0.2) is 23.2 Å². The number of alkyl carbamates (subject to hydrolysis) is 1. The van der Waals surface area contributed by atoms with Gasteiger partial charge < -0.3 is 10.1 Å². The predicted molar refractivity (Wildman–Crippen MR) is 72.5 cm³/mol. The van der Waals surface area contributed by atoms with Crippen molar-refractivity contribution >= 4 is 12.2 Å². The number of nitrogens with one attached hydrogen (secondary N) is 1. The maximum absolute atomic E-state index is 12.5. The lowest BCUT2D eigenvalue weighted by Crippen LogP contribution is -2.32. The highest BCUT2D eigenvalue weighted by atomic mass is 19.4. The van der Waals surface area contributed by atoms with Gasteiger partial charge in [0.1, 0.15) is 11.3 Å². The number of nitrogens with zero attached hydrogens (tertiary/aromatic N) is 1. The minimum atomic E-state index is -4.47. The number of amides is 1. The van der Waals surface area contributed by atoms with E-state index in [1.807, 2.05) is 0 Å². The van der Waals surface area contributed by atoms with Crippen LogP contribution in [-0.2, 0) is 10.9 Å². The van der Waals surface area contributed by atoms with Crippen molar-refractivity contribution in [3.8, 4) is 0 Å². The van der Waals surface area contributed by atoms with Gasteiger partial charge in [0.25, 0.3) is 0 Å². The van der Waals surface area contributed by atoms with E-state index in [1.54, 1.807) is 20.8 Å². The monoisotopic (exact) mass is 302 g/mol. The number of aromatic nitrogens is 1. The molecule has 21 heavy (non-hydrogen) atoms. The normalized spacial score (nSPS) is 12.5. The molecule has 0 spiro atoms. The Morgan fingerprint density at radius 3 is 2.57 bits per heavy atom. The van der Waals surface area contributed by atoms with Gasteiger partial charge in [-0.1, -0.05) is 12.1 Å². The Hall–Kier alpha value is -2.05. The second-order valence-corrected chi connectivity index (χ2v) is 5.23. The summed E-state index contributed by atoms with van der Waals surface area (Å²) in [5, 5.41) is 2.46. The van der Waals surface area contributed by atoms with Gasteiger partial charge in [-0.3, -0.25) is 0 Å². The molecular weight excluding hydrogens is 285 g/mol. The molecule has 0 aliphatic heterocycles. The highest BCUT2D eigenvalue weighted by molar-refractivity contribution is 5.68. The number of halogens is 3. The molecule has 0 aliphatic rings. The van der Waals surface area contributed by atoms with E-state index >= 15 is 0 Å². The van der Waals surface area contributed by atoms with Crippen LogP contribution in [0.2, 0.25) is 0 Å². The summed E-state index contributed by atoms with van der Waals surface area (Å²) in [4.78, 5) is 14.8. The van der Waals surface area contributed by atoms with E-state index in [0.717, 1.165) is 6.07 Å². The lowest BCUT2D eigenvalue weighted by Gasteiger charge is -2.19. The zero-order valence-corrected chi connectivity index (χ0v) is 12.0. The molecule has 0 aliphatic carbocycles. The first-order chi connectivity index (χ1) is 9.58. The number of alkyl halides is 3. The Balaban J connectivity index is 2.53. The largest absolute Gasteiger partial charge is 0.444 e. The van der Waals surface area contributed by atoms with Crippen LogP contribution in [0.1, 0.15) is 32.2 Å². The van der Waals surface area contributed by atoms with Crippen LogP contribution in [0, 0.1) is 0 Å². The van der Waals surface area contributed by atoms with Crippen LogP contribution in [0.5, 0.6) is 0 Å². The molecule has 1 N–H and O–H groups in total. The van der Waals surface area contributed by atoms with Crippen molar-refractivity contribution in [2.75, 3.05) is 6.54 Å². The van der Waals surface area contributed by atoms with Crippen molar-refractivity contribution in [2.45, 2.75) is 32.5 Å². The Bertz CT molecular complexity index is 520. The van der Waals surface area contributed by atoms with Crippen molar-refractivity contribution in [1.82, 2.24) is 10.3 Å². The fraction of sp³-hybridized carbons (Fsp3) is 0.429. The fourth-order valence-corrected chi connectivity index (χ4v) is 1.34. The smallest absolute Gasteiger partial charge is 0.433 e. The molecule has 0 saturated carbocycles. The molecule has 0 radical (unpaired) electrons. The average molecular weight is 302 g/mol. The van der Waals surface area contributed by atoms with Gasteiger partial charge in [-0.2, -0.15) is 13.2 Å². The molecule has 0 unspecified atom stereocenters. The molecule has 0 atom stereocenters. The molecule has 1 rings (SSSR count). The molecule has 0 aromatic carbocycles. The van der Waals surface area contributed by atoms with Gasteiger partial charge in [0.15, 0.2) is 0 Å². The van der Waals surface area contributed by atoms with Crippen molar-refractivity contribution in [3.05, 3.63) is 35.7 Å². The minimum Gasteiger partial charge on any atom is -0.444 e. The molecular formula is C14H17F3N2O2. The lowest BCUT2D eigenvalue weighted by molar-refractivity contribution is -0.141. The zero-order valence-electron chi connectivity index (χ0n) is 12.0. The number of hydrogen-bond donors (Lipinski definition) is 1. The van der Waals surface area contributed by atoms with E-state index in [4.69, 9.17) is 4.74 Å². The summed E-state index contributed by atoms with van der Waals surface area (Å²) in [6.07, 6.45) is -2.18. The summed E-state index contributed by atoms with van der Waals surface area (Å²) in [6, 6.07) is 3.62. The number of pyridine rings is 1. The van der Waals surface area contributed by atoms with E-state index < -0.39 is 23.6 Å². The third-order valence-corrected chi connectivity index (χ3v) is 2.11. The lowest BCUT2D eigenvalue weighted by atomic mass is 10.2. The third-order valence-electron chi connectivity index (χ3n) is 2.11. The molecule has 1 amide bonds. The summed E-state index contributed by atoms with van der Waals surface area (Å²) in [5.74, 6) is 0. The van der Waals surface area contributed by atoms with E-state index in [1.165, 1.54) is 24.3 Å². The standard InChI is InChI=1S/C14H17F3N2O2/c1-13(2,3)21-12(20)18-9-5-7-10-6-4-8-11(19-10)14(15,16)17/h4-8H,9H2,1-3H3,(H,18,20). The fourth-order valence-electron chi connectivity index (χ4n) is 1.34.